The standard InChI is InChI=1S/C40H44N4O4/c1-40(2,3)48-39(47)44-23-22-42(27-30-14-7-4-8-15-30)38(46)36(44)37(45)35(25-33-20-13-21-34(24-33)26-41)43(28-31-16-9-5-10-17-31)29-32-18-11-6-12-19-32/h4-21,24,35-37,45H,22-23,25,27-29H2,1-3H3/t35-,36-,37-/m0/s1. The van der Waals surface area contributed by atoms with Gasteiger partial charge in [-0.1, -0.05) is 103 Å². The second-order valence-corrected chi connectivity index (χ2v) is 13.3. The molecule has 0 bridgehead atoms. The van der Waals surface area contributed by atoms with E-state index >= 15 is 0 Å². The van der Waals surface area contributed by atoms with Gasteiger partial charge in [0.05, 0.1) is 17.7 Å². The number of carbonyl (C=O) groups is 2. The molecule has 2 amide bonds. The van der Waals surface area contributed by atoms with E-state index in [0.717, 1.165) is 22.3 Å². The molecule has 1 fully saturated rings. The van der Waals surface area contributed by atoms with Crippen LogP contribution >= 0.6 is 0 Å². The van der Waals surface area contributed by atoms with E-state index in [4.69, 9.17) is 4.74 Å². The Hall–Kier alpha value is -4.97. The summed E-state index contributed by atoms with van der Waals surface area (Å²) < 4.78 is 5.80. The van der Waals surface area contributed by atoms with Gasteiger partial charge in [0.1, 0.15) is 11.6 Å². The van der Waals surface area contributed by atoms with Gasteiger partial charge in [-0.3, -0.25) is 14.6 Å². The Morgan fingerprint density at radius 3 is 1.94 bits per heavy atom. The zero-order valence-electron chi connectivity index (χ0n) is 27.9. The minimum Gasteiger partial charge on any atom is -0.444 e. The molecule has 4 aromatic carbocycles. The first-order valence-corrected chi connectivity index (χ1v) is 16.4. The van der Waals surface area contributed by atoms with Gasteiger partial charge in [0.2, 0.25) is 5.91 Å². The van der Waals surface area contributed by atoms with E-state index in [1.54, 1.807) is 31.7 Å². The molecule has 5 rings (SSSR count). The van der Waals surface area contributed by atoms with Gasteiger partial charge in [-0.05, 0) is 61.6 Å². The third-order valence-corrected chi connectivity index (χ3v) is 8.50. The zero-order valence-corrected chi connectivity index (χ0v) is 27.9. The highest BCUT2D eigenvalue weighted by Gasteiger charge is 2.47. The van der Waals surface area contributed by atoms with Crippen LogP contribution in [0.5, 0.6) is 0 Å². The highest BCUT2D eigenvalue weighted by molar-refractivity contribution is 5.87. The van der Waals surface area contributed by atoms with E-state index in [2.05, 4.69) is 11.0 Å². The van der Waals surface area contributed by atoms with Crippen molar-refractivity contribution >= 4 is 12.0 Å². The number of piperazine rings is 1. The molecule has 0 radical (unpaired) electrons. The summed E-state index contributed by atoms with van der Waals surface area (Å²) in [5.41, 5.74) is 3.61. The van der Waals surface area contributed by atoms with Gasteiger partial charge < -0.3 is 14.7 Å². The van der Waals surface area contributed by atoms with Crippen LogP contribution in [0.25, 0.3) is 0 Å². The second kappa shape index (κ2) is 15.7. The van der Waals surface area contributed by atoms with Crippen LogP contribution in [0, 0.1) is 11.3 Å². The maximum Gasteiger partial charge on any atom is 0.411 e. The summed E-state index contributed by atoms with van der Waals surface area (Å²) >= 11 is 0. The maximum atomic E-state index is 14.5. The van der Waals surface area contributed by atoms with Gasteiger partial charge in [0.25, 0.3) is 0 Å². The molecule has 4 aromatic rings. The van der Waals surface area contributed by atoms with Crippen molar-refractivity contribution in [2.45, 2.75) is 70.6 Å². The van der Waals surface area contributed by atoms with Crippen LogP contribution < -0.4 is 0 Å². The van der Waals surface area contributed by atoms with Crippen molar-refractivity contribution < 1.29 is 19.4 Å². The average molecular weight is 645 g/mol. The van der Waals surface area contributed by atoms with E-state index in [1.165, 1.54) is 4.90 Å². The lowest BCUT2D eigenvalue weighted by molar-refractivity contribution is -0.150. The number of aliphatic hydroxyl groups excluding tert-OH is 1. The third-order valence-electron chi connectivity index (χ3n) is 8.50. The van der Waals surface area contributed by atoms with E-state index in [1.807, 2.05) is 109 Å². The van der Waals surface area contributed by atoms with Crippen LogP contribution in [0.2, 0.25) is 0 Å². The lowest BCUT2D eigenvalue weighted by atomic mass is 9.91. The Bertz CT molecular complexity index is 1640. The number of amides is 2. The second-order valence-electron chi connectivity index (χ2n) is 13.3. The zero-order chi connectivity index (χ0) is 34.1. The number of ether oxygens (including phenoxy) is 1. The summed E-state index contributed by atoms with van der Waals surface area (Å²) in [7, 11) is 0. The molecule has 0 spiro atoms. The molecule has 1 N–H and O–H groups in total. The largest absolute Gasteiger partial charge is 0.444 e. The van der Waals surface area contributed by atoms with Crippen molar-refractivity contribution in [3.8, 4) is 6.07 Å². The van der Waals surface area contributed by atoms with E-state index in [0.29, 0.717) is 38.2 Å². The molecule has 1 aliphatic rings. The van der Waals surface area contributed by atoms with Gasteiger partial charge >= 0.3 is 6.09 Å². The van der Waals surface area contributed by atoms with Crippen molar-refractivity contribution in [1.82, 2.24) is 14.7 Å². The van der Waals surface area contributed by atoms with E-state index in [9.17, 15) is 20.0 Å². The Kier molecular flexibility index (Phi) is 11.3. The van der Waals surface area contributed by atoms with Crippen LogP contribution in [0.15, 0.2) is 115 Å². The first kappa shape index (κ1) is 34.4. The average Bonchev–Trinajstić information content (AvgIpc) is 3.08. The number of nitriles is 1. The number of rotatable bonds is 11. The molecule has 3 atom stereocenters. The molecule has 0 unspecified atom stereocenters. The topological polar surface area (TPSA) is 97.1 Å². The molecule has 1 heterocycles. The highest BCUT2D eigenvalue weighted by Crippen LogP contribution is 2.27. The SMILES string of the molecule is CC(C)(C)OC(=O)N1CCN(Cc2ccccc2)C(=O)[C@@H]1[C@@H](O)[C@H](Cc1cccc(C#N)c1)N(Cc1ccccc1)Cc1ccccc1. The fourth-order valence-corrected chi connectivity index (χ4v) is 6.23. The minimum atomic E-state index is -1.30. The Balaban J connectivity index is 1.58. The summed E-state index contributed by atoms with van der Waals surface area (Å²) in [5, 5.41) is 22.3. The third kappa shape index (κ3) is 9.09. The number of carbonyl (C=O) groups excluding carboxylic acids is 2. The van der Waals surface area contributed by atoms with Crippen LogP contribution in [-0.4, -0.2) is 68.7 Å². The van der Waals surface area contributed by atoms with Crippen LogP contribution in [-0.2, 0) is 35.6 Å². The summed E-state index contributed by atoms with van der Waals surface area (Å²) in [6, 6.07) is 37.4. The summed E-state index contributed by atoms with van der Waals surface area (Å²) in [5.74, 6) is -0.335. The molecular formula is C40H44N4O4. The predicted molar refractivity (Wildman–Crippen MR) is 185 cm³/mol. The lowest BCUT2D eigenvalue weighted by Gasteiger charge is -2.46. The molecule has 0 aromatic heterocycles. The van der Waals surface area contributed by atoms with Crippen LogP contribution in [0.3, 0.4) is 0 Å². The predicted octanol–water partition coefficient (Wildman–Crippen LogP) is 6.18. The Morgan fingerprint density at radius 1 is 0.854 bits per heavy atom. The Labute approximate surface area is 283 Å². The first-order chi connectivity index (χ1) is 23.1. The van der Waals surface area contributed by atoms with E-state index < -0.39 is 29.9 Å². The van der Waals surface area contributed by atoms with Gasteiger partial charge in [-0.25, -0.2) is 4.79 Å². The van der Waals surface area contributed by atoms with Crippen molar-refractivity contribution in [3.05, 3.63) is 143 Å². The molecule has 1 saturated heterocycles. The molecule has 48 heavy (non-hydrogen) atoms. The van der Waals surface area contributed by atoms with Gasteiger partial charge in [0, 0.05) is 38.8 Å². The van der Waals surface area contributed by atoms with Gasteiger partial charge in [-0.15, -0.1) is 0 Å². The summed E-state index contributed by atoms with van der Waals surface area (Å²) in [4.78, 5) is 33.5. The monoisotopic (exact) mass is 644 g/mol. The lowest BCUT2D eigenvalue weighted by Crippen LogP contribution is -2.66. The molecule has 8 nitrogen and oxygen atoms in total. The van der Waals surface area contributed by atoms with Crippen molar-refractivity contribution in [2.75, 3.05) is 13.1 Å². The number of nitrogens with zero attached hydrogens (tertiary/aromatic N) is 4. The normalized spacial score (nSPS) is 16.3. The number of benzene rings is 4. The minimum absolute atomic E-state index is 0.212. The maximum absolute atomic E-state index is 14.5. The highest BCUT2D eigenvalue weighted by atomic mass is 16.6. The molecule has 8 heteroatoms. The number of aliphatic hydroxyl groups is 1. The number of hydrogen-bond donors (Lipinski definition) is 1. The molecule has 248 valence electrons. The van der Waals surface area contributed by atoms with Crippen molar-refractivity contribution in [2.24, 2.45) is 0 Å². The van der Waals surface area contributed by atoms with Gasteiger partial charge in [-0.2, -0.15) is 5.26 Å². The fraction of sp³-hybridized carbons (Fsp3) is 0.325. The molecular weight excluding hydrogens is 600 g/mol. The quantitative estimate of drug-likeness (QED) is 0.210. The smallest absolute Gasteiger partial charge is 0.411 e. The number of hydrogen-bond acceptors (Lipinski definition) is 6. The molecule has 1 aliphatic heterocycles. The van der Waals surface area contributed by atoms with Crippen molar-refractivity contribution in [1.29, 1.82) is 5.26 Å². The van der Waals surface area contributed by atoms with E-state index in [-0.39, 0.29) is 12.5 Å². The van der Waals surface area contributed by atoms with Gasteiger partial charge in [0.15, 0.2) is 0 Å². The Morgan fingerprint density at radius 2 is 1.40 bits per heavy atom. The summed E-state index contributed by atoms with van der Waals surface area (Å²) in [6.07, 6.45) is -1.61. The van der Waals surface area contributed by atoms with Crippen LogP contribution in [0.4, 0.5) is 4.79 Å². The van der Waals surface area contributed by atoms with Crippen molar-refractivity contribution in [3.63, 3.8) is 0 Å². The first-order valence-electron chi connectivity index (χ1n) is 16.4. The molecule has 0 aliphatic carbocycles. The summed E-state index contributed by atoms with van der Waals surface area (Å²) in [6.45, 7) is 7.21. The fourth-order valence-electron chi connectivity index (χ4n) is 6.23. The van der Waals surface area contributed by atoms with Crippen LogP contribution in [0.1, 0.15) is 48.6 Å². The molecule has 0 saturated carbocycles.